The lowest BCUT2D eigenvalue weighted by atomic mass is 10.5. The lowest BCUT2D eigenvalue weighted by molar-refractivity contribution is 0.0520. The number of nitrogens with zero attached hydrogens (tertiary/aromatic N) is 2. The van der Waals surface area contributed by atoms with Gasteiger partial charge in [-0.3, -0.25) is 4.79 Å². The number of imidazole rings is 1. The quantitative estimate of drug-likeness (QED) is 0.828. The molecule has 0 aliphatic carbocycles. The molecule has 2 rings (SSSR count). The Morgan fingerprint density at radius 2 is 2.38 bits per heavy atom. The smallest absolute Gasteiger partial charge is 0.358 e. The van der Waals surface area contributed by atoms with Crippen molar-refractivity contribution in [3.63, 3.8) is 0 Å². The molecule has 0 aliphatic heterocycles. The van der Waals surface area contributed by atoms with Crippen LogP contribution in [0.25, 0.3) is 5.65 Å². The molecule has 0 unspecified atom stereocenters. The van der Waals surface area contributed by atoms with E-state index >= 15 is 0 Å². The Balaban J connectivity index is 0.00000128. The molecule has 0 atom stereocenters. The number of hydrogen-bond donors (Lipinski definition) is 1. The highest BCUT2D eigenvalue weighted by Gasteiger charge is 2.12. The molecule has 0 bridgehead atoms. The molecule has 6 nitrogen and oxygen atoms in total. The molecule has 0 spiro atoms. The number of H-pyrrole nitrogens is 1. The van der Waals surface area contributed by atoms with Crippen LogP contribution in [-0.4, -0.2) is 26.9 Å². The van der Waals surface area contributed by atoms with Crippen molar-refractivity contribution in [2.45, 2.75) is 6.92 Å². The number of nitrogens with one attached hydrogen (secondary N) is 1. The monoisotopic (exact) mass is 287 g/mol. The normalized spacial score (nSPS) is 9.81. The van der Waals surface area contributed by atoms with Gasteiger partial charge in [-0.2, -0.15) is 0 Å². The molecule has 0 aromatic carbocycles. The molecule has 0 saturated heterocycles. The van der Waals surface area contributed by atoms with Gasteiger partial charge in [-0.1, -0.05) is 0 Å². The number of carbonyl (C=O) groups excluding carboxylic acids is 1. The predicted molar refractivity (Wildman–Crippen MR) is 62.1 cm³/mol. The highest BCUT2D eigenvalue weighted by molar-refractivity contribution is 8.93. The highest BCUT2D eigenvalue weighted by atomic mass is 79.9. The van der Waals surface area contributed by atoms with Gasteiger partial charge >= 0.3 is 5.97 Å². The third-order valence-corrected chi connectivity index (χ3v) is 1.87. The third-order valence-electron chi connectivity index (χ3n) is 1.87. The zero-order valence-electron chi connectivity index (χ0n) is 8.47. The fraction of sp³-hybridized carbons (Fsp3) is 0.222. The first kappa shape index (κ1) is 12.4. The fourth-order valence-electron chi connectivity index (χ4n) is 1.24. The van der Waals surface area contributed by atoms with Crippen LogP contribution in [-0.2, 0) is 4.74 Å². The number of aromatic amines is 1. The first-order valence-electron chi connectivity index (χ1n) is 4.46. The van der Waals surface area contributed by atoms with Crippen LogP contribution in [0, 0.1) is 0 Å². The third kappa shape index (κ3) is 2.13. The maximum atomic E-state index is 11.3. The van der Waals surface area contributed by atoms with Crippen LogP contribution in [0.5, 0.6) is 0 Å². The molecule has 1 N–H and O–H groups in total. The van der Waals surface area contributed by atoms with Gasteiger partial charge in [0.05, 0.1) is 6.61 Å². The largest absolute Gasteiger partial charge is 0.461 e. The van der Waals surface area contributed by atoms with Crippen molar-refractivity contribution >= 4 is 28.6 Å². The summed E-state index contributed by atoms with van der Waals surface area (Å²) in [6.07, 6.45) is 4.54. The zero-order valence-corrected chi connectivity index (χ0v) is 10.2. The molecule has 2 aromatic rings. The van der Waals surface area contributed by atoms with Crippen LogP contribution < -0.4 is 5.56 Å². The van der Waals surface area contributed by atoms with Crippen molar-refractivity contribution in [2.24, 2.45) is 0 Å². The van der Waals surface area contributed by atoms with Gasteiger partial charge in [-0.25, -0.2) is 9.78 Å². The minimum Gasteiger partial charge on any atom is -0.461 e. The Labute approximate surface area is 101 Å². The second-order valence-corrected chi connectivity index (χ2v) is 2.87. The second kappa shape index (κ2) is 4.93. The number of hydrogen-bond acceptors (Lipinski definition) is 4. The first-order chi connectivity index (χ1) is 7.22. The number of rotatable bonds is 2. The van der Waals surface area contributed by atoms with Gasteiger partial charge in [0.1, 0.15) is 0 Å². The van der Waals surface area contributed by atoms with Crippen LogP contribution in [0.2, 0.25) is 0 Å². The topological polar surface area (TPSA) is 76.5 Å². The van der Waals surface area contributed by atoms with Gasteiger partial charge in [0.2, 0.25) is 5.65 Å². The first-order valence-corrected chi connectivity index (χ1v) is 4.46. The summed E-state index contributed by atoms with van der Waals surface area (Å²) in [7, 11) is 0. The molecule has 86 valence electrons. The Kier molecular flexibility index (Phi) is 3.83. The van der Waals surface area contributed by atoms with Crippen molar-refractivity contribution in [1.82, 2.24) is 14.4 Å². The maximum absolute atomic E-state index is 11.3. The van der Waals surface area contributed by atoms with Crippen molar-refractivity contribution in [3.05, 3.63) is 34.6 Å². The minimum absolute atomic E-state index is 0. The number of esters is 1. The van der Waals surface area contributed by atoms with Crippen LogP contribution in [0.1, 0.15) is 17.4 Å². The Morgan fingerprint density at radius 3 is 3.00 bits per heavy atom. The number of ether oxygens (including phenoxy) is 1. The molecular formula is C9H10BrN3O3. The van der Waals surface area contributed by atoms with Crippen LogP contribution in [0.4, 0.5) is 0 Å². The van der Waals surface area contributed by atoms with Crippen LogP contribution in [0.3, 0.4) is 0 Å². The van der Waals surface area contributed by atoms with E-state index in [2.05, 4.69) is 9.97 Å². The Morgan fingerprint density at radius 1 is 1.62 bits per heavy atom. The summed E-state index contributed by atoms with van der Waals surface area (Å²) < 4.78 is 6.25. The van der Waals surface area contributed by atoms with E-state index in [-0.39, 0.29) is 40.5 Å². The number of aromatic nitrogens is 3. The molecule has 16 heavy (non-hydrogen) atoms. The second-order valence-electron chi connectivity index (χ2n) is 2.87. The standard InChI is InChI=1S/C9H9N3O3.BrH/c1-2-15-9(14)6-5-12-4-3-10-8(13)7(12)11-6;/h3-5H,2H2,1H3,(H,10,13);1H. The van der Waals surface area contributed by atoms with Crippen molar-refractivity contribution < 1.29 is 9.53 Å². The van der Waals surface area contributed by atoms with Crippen LogP contribution in [0.15, 0.2) is 23.4 Å². The number of fused-ring (bicyclic) bond motifs is 1. The lowest BCUT2D eigenvalue weighted by Gasteiger charge is -1.94. The Bertz CT molecular complexity index is 560. The van der Waals surface area contributed by atoms with E-state index in [9.17, 15) is 9.59 Å². The molecule has 0 aliphatic rings. The molecule has 0 radical (unpaired) electrons. The Hall–Kier alpha value is -1.63. The number of halogens is 1. The molecule has 2 heterocycles. The summed E-state index contributed by atoms with van der Waals surface area (Å²) in [4.78, 5) is 28.9. The summed E-state index contributed by atoms with van der Waals surface area (Å²) in [5, 5.41) is 0. The van der Waals surface area contributed by atoms with Gasteiger partial charge in [-0.05, 0) is 6.92 Å². The molecule has 0 amide bonds. The molecule has 0 fully saturated rings. The van der Waals surface area contributed by atoms with Gasteiger partial charge in [0.25, 0.3) is 5.56 Å². The van der Waals surface area contributed by atoms with E-state index in [0.29, 0.717) is 0 Å². The van der Waals surface area contributed by atoms with Crippen molar-refractivity contribution in [2.75, 3.05) is 6.61 Å². The maximum Gasteiger partial charge on any atom is 0.358 e. The molecule has 0 saturated carbocycles. The average molecular weight is 288 g/mol. The van der Waals surface area contributed by atoms with Crippen molar-refractivity contribution in [1.29, 1.82) is 0 Å². The fourth-order valence-corrected chi connectivity index (χ4v) is 1.24. The van der Waals surface area contributed by atoms with E-state index in [1.165, 1.54) is 16.8 Å². The van der Waals surface area contributed by atoms with Gasteiger partial charge in [-0.15, -0.1) is 17.0 Å². The summed E-state index contributed by atoms with van der Waals surface area (Å²) >= 11 is 0. The van der Waals surface area contributed by atoms with Gasteiger partial charge in [0, 0.05) is 18.6 Å². The summed E-state index contributed by atoms with van der Waals surface area (Å²) in [5.74, 6) is -0.527. The predicted octanol–water partition coefficient (Wildman–Crippen LogP) is 0.777. The zero-order chi connectivity index (χ0) is 10.8. The van der Waals surface area contributed by atoms with Gasteiger partial charge in [0.15, 0.2) is 5.69 Å². The van der Waals surface area contributed by atoms with E-state index in [4.69, 9.17) is 4.74 Å². The molecular weight excluding hydrogens is 278 g/mol. The van der Waals surface area contributed by atoms with Crippen molar-refractivity contribution in [3.8, 4) is 0 Å². The summed E-state index contributed by atoms with van der Waals surface area (Å²) in [6, 6.07) is 0. The lowest BCUT2D eigenvalue weighted by Crippen LogP contribution is -2.08. The van der Waals surface area contributed by atoms with E-state index < -0.39 is 5.97 Å². The molecule has 7 heteroatoms. The number of carbonyl (C=O) groups is 1. The summed E-state index contributed by atoms with van der Waals surface area (Å²) in [5.41, 5.74) is -0.0258. The highest BCUT2D eigenvalue weighted by Crippen LogP contribution is 2.01. The molecule has 2 aromatic heterocycles. The minimum atomic E-state index is -0.527. The van der Waals surface area contributed by atoms with E-state index in [1.807, 2.05) is 0 Å². The summed E-state index contributed by atoms with van der Waals surface area (Å²) in [6.45, 7) is 1.99. The van der Waals surface area contributed by atoms with Crippen LogP contribution >= 0.6 is 17.0 Å². The van der Waals surface area contributed by atoms with E-state index in [1.54, 1.807) is 13.1 Å². The SMILES string of the molecule is Br.CCOC(=O)c1cn2cc[nH]c(=O)c2n1. The van der Waals surface area contributed by atoms with E-state index in [0.717, 1.165) is 0 Å². The van der Waals surface area contributed by atoms with Gasteiger partial charge < -0.3 is 14.1 Å². The average Bonchev–Trinajstić information content (AvgIpc) is 2.63.